The van der Waals surface area contributed by atoms with Crippen molar-refractivity contribution in [2.75, 3.05) is 24.6 Å². The lowest BCUT2D eigenvalue weighted by Gasteiger charge is -2.32. The van der Waals surface area contributed by atoms with Crippen LogP contribution in [0.1, 0.15) is 12.8 Å². The molecule has 0 bridgehead atoms. The van der Waals surface area contributed by atoms with Gasteiger partial charge in [0.05, 0.1) is 18.2 Å². The van der Waals surface area contributed by atoms with Gasteiger partial charge in [0.15, 0.2) is 5.65 Å². The first-order valence-electron chi connectivity index (χ1n) is 8.32. The first-order valence-corrected chi connectivity index (χ1v) is 8.70. The fraction of sp³-hybridized carbons (Fsp3) is 0.412. The van der Waals surface area contributed by atoms with Gasteiger partial charge in [-0.05, 0) is 18.8 Å². The molecule has 4 heterocycles. The molecule has 130 valence electrons. The maximum atomic E-state index is 6.08. The number of halogens is 1. The van der Waals surface area contributed by atoms with E-state index in [2.05, 4.69) is 25.0 Å². The molecule has 0 atom stereocenters. The van der Waals surface area contributed by atoms with Crippen LogP contribution in [0.2, 0.25) is 5.02 Å². The molecule has 0 aliphatic carbocycles. The Hall–Kier alpha value is -2.41. The van der Waals surface area contributed by atoms with Gasteiger partial charge in [0.1, 0.15) is 22.9 Å². The van der Waals surface area contributed by atoms with Crippen molar-refractivity contribution in [3.63, 3.8) is 0 Å². The van der Waals surface area contributed by atoms with Crippen LogP contribution in [0, 0.1) is 5.92 Å². The summed E-state index contributed by atoms with van der Waals surface area (Å²) in [4.78, 5) is 15.1. The molecule has 1 saturated heterocycles. The first-order chi connectivity index (χ1) is 12.2. The molecule has 0 unspecified atom stereocenters. The minimum absolute atomic E-state index is 0.506. The zero-order valence-corrected chi connectivity index (χ0v) is 14.7. The molecular formula is C17H19ClN6O. The largest absolute Gasteiger partial charge is 0.492 e. The molecule has 3 aromatic rings. The predicted molar refractivity (Wildman–Crippen MR) is 96.0 cm³/mol. The molecule has 0 N–H and O–H groups in total. The van der Waals surface area contributed by atoms with E-state index in [1.165, 1.54) is 0 Å². The van der Waals surface area contributed by atoms with E-state index in [1.807, 2.05) is 13.2 Å². The number of hydrogen-bond donors (Lipinski definition) is 0. The monoisotopic (exact) mass is 358 g/mol. The van der Waals surface area contributed by atoms with Crippen LogP contribution < -0.4 is 9.64 Å². The zero-order valence-electron chi connectivity index (χ0n) is 14.0. The molecule has 0 amide bonds. The number of anilines is 1. The average Bonchev–Trinajstić information content (AvgIpc) is 3.03. The van der Waals surface area contributed by atoms with Crippen molar-refractivity contribution in [1.29, 1.82) is 0 Å². The van der Waals surface area contributed by atoms with Crippen LogP contribution in [0.4, 0.5) is 5.82 Å². The van der Waals surface area contributed by atoms with Gasteiger partial charge in [0.25, 0.3) is 0 Å². The molecule has 1 fully saturated rings. The Morgan fingerprint density at radius 1 is 1.24 bits per heavy atom. The number of nitrogens with zero attached hydrogens (tertiary/aromatic N) is 6. The van der Waals surface area contributed by atoms with Gasteiger partial charge in [-0.3, -0.25) is 9.67 Å². The fourth-order valence-electron chi connectivity index (χ4n) is 3.20. The Balaban J connectivity index is 1.39. The molecule has 1 aliphatic rings. The molecule has 8 heteroatoms. The Bertz CT molecular complexity index is 874. The van der Waals surface area contributed by atoms with E-state index in [0.29, 0.717) is 23.3 Å². The van der Waals surface area contributed by atoms with Gasteiger partial charge < -0.3 is 9.64 Å². The van der Waals surface area contributed by atoms with Crippen LogP contribution in [0.5, 0.6) is 5.75 Å². The van der Waals surface area contributed by atoms with Crippen LogP contribution in [0.3, 0.4) is 0 Å². The molecule has 0 spiro atoms. The molecule has 3 aromatic heterocycles. The van der Waals surface area contributed by atoms with E-state index in [1.54, 1.807) is 29.5 Å². The summed E-state index contributed by atoms with van der Waals surface area (Å²) in [6.45, 7) is 2.56. The number of aromatic nitrogens is 5. The molecule has 0 radical (unpaired) electrons. The van der Waals surface area contributed by atoms with Gasteiger partial charge in [-0.1, -0.05) is 11.6 Å². The molecular weight excluding hydrogens is 340 g/mol. The van der Waals surface area contributed by atoms with Gasteiger partial charge in [0, 0.05) is 38.6 Å². The highest BCUT2D eigenvalue weighted by molar-refractivity contribution is 6.31. The van der Waals surface area contributed by atoms with Gasteiger partial charge >= 0.3 is 0 Å². The number of ether oxygens (including phenoxy) is 1. The predicted octanol–water partition coefficient (Wildman–Crippen LogP) is 2.71. The van der Waals surface area contributed by atoms with Gasteiger partial charge in [-0.25, -0.2) is 9.97 Å². The second-order valence-electron chi connectivity index (χ2n) is 6.25. The number of aryl methyl sites for hydroxylation is 1. The molecule has 7 nitrogen and oxygen atoms in total. The lowest BCUT2D eigenvalue weighted by Crippen LogP contribution is -2.36. The summed E-state index contributed by atoms with van der Waals surface area (Å²) < 4.78 is 7.64. The Kier molecular flexibility index (Phi) is 4.40. The van der Waals surface area contributed by atoms with Crippen molar-refractivity contribution in [1.82, 2.24) is 24.7 Å². The topological polar surface area (TPSA) is 69.0 Å². The number of hydrogen-bond acceptors (Lipinski definition) is 6. The van der Waals surface area contributed by atoms with Crippen molar-refractivity contribution in [3.8, 4) is 5.75 Å². The average molecular weight is 359 g/mol. The lowest BCUT2D eigenvalue weighted by atomic mass is 9.97. The first kappa shape index (κ1) is 16.1. The van der Waals surface area contributed by atoms with E-state index >= 15 is 0 Å². The molecule has 0 aromatic carbocycles. The summed E-state index contributed by atoms with van der Waals surface area (Å²) in [6.07, 6.45) is 8.85. The number of fused-ring (bicyclic) bond motifs is 1. The van der Waals surface area contributed by atoms with Crippen molar-refractivity contribution in [2.45, 2.75) is 12.8 Å². The van der Waals surface area contributed by atoms with Crippen molar-refractivity contribution < 1.29 is 4.74 Å². The molecule has 4 rings (SSSR count). The van der Waals surface area contributed by atoms with E-state index < -0.39 is 0 Å². The number of rotatable bonds is 4. The Morgan fingerprint density at radius 2 is 2.08 bits per heavy atom. The van der Waals surface area contributed by atoms with Crippen LogP contribution in [-0.4, -0.2) is 44.4 Å². The van der Waals surface area contributed by atoms with Crippen molar-refractivity contribution in [2.24, 2.45) is 13.0 Å². The fourth-order valence-corrected chi connectivity index (χ4v) is 3.37. The maximum Gasteiger partial charge on any atom is 0.163 e. The van der Waals surface area contributed by atoms with Crippen LogP contribution in [0.25, 0.3) is 11.0 Å². The van der Waals surface area contributed by atoms with E-state index in [9.17, 15) is 0 Å². The van der Waals surface area contributed by atoms with Gasteiger partial charge in [-0.15, -0.1) is 0 Å². The number of pyridine rings is 1. The van der Waals surface area contributed by atoms with Crippen molar-refractivity contribution >= 4 is 28.5 Å². The number of piperidine rings is 1. The lowest BCUT2D eigenvalue weighted by molar-refractivity contribution is 0.222. The quantitative estimate of drug-likeness (QED) is 0.714. The highest BCUT2D eigenvalue weighted by Crippen LogP contribution is 2.28. The summed E-state index contributed by atoms with van der Waals surface area (Å²) in [5.74, 6) is 2.17. The minimum atomic E-state index is 0.506. The Morgan fingerprint density at radius 3 is 2.88 bits per heavy atom. The normalized spacial score (nSPS) is 15.7. The second kappa shape index (κ2) is 6.84. The third-order valence-corrected chi connectivity index (χ3v) is 4.92. The maximum absolute atomic E-state index is 6.08. The molecule has 25 heavy (non-hydrogen) atoms. The third-order valence-electron chi connectivity index (χ3n) is 4.63. The standard InChI is InChI=1S/C17H19ClN6O/c1-23-16-13(8-22-23)17(21-11-20-16)24-6-3-12(4-7-24)10-25-15-2-5-19-9-14(15)18/h2,5,8-9,11-12H,3-4,6-7,10H2,1H3. The summed E-state index contributed by atoms with van der Waals surface area (Å²) in [5, 5.41) is 5.85. The van der Waals surface area contributed by atoms with E-state index in [-0.39, 0.29) is 0 Å². The minimum Gasteiger partial charge on any atom is -0.492 e. The second-order valence-corrected chi connectivity index (χ2v) is 6.66. The SMILES string of the molecule is Cn1ncc2c(N3CCC(COc4ccncc4Cl)CC3)ncnc21. The summed E-state index contributed by atoms with van der Waals surface area (Å²) in [5.41, 5.74) is 0.864. The summed E-state index contributed by atoms with van der Waals surface area (Å²) in [7, 11) is 1.90. The molecule has 0 saturated carbocycles. The van der Waals surface area contributed by atoms with Gasteiger partial charge in [-0.2, -0.15) is 5.10 Å². The Labute approximate surface area is 150 Å². The highest BCUT2D eigenvalue weighted by atomic mass is 35.5. The van der Waals surface area contributed by atoms with Gasteiger partial charge in [0.2, 0.25) is 0 Å². The highest BCUT2D eigenvalue weighted by Gasteiger charge is 2.23. The zero-order chi connectivity index (χ0) is 17.2. The molecule has 1 aliphatic heterocycles. The summed E-state index contributed by atoms with van der Waals surface area (Å²) >= 11 is 6.08. The summed E-state index contributed by atoms with van der Waals surface area (Å²) in [6, 6.07) is 1.80. The van der Waals surface area contributed by atoms with Crippen LogP contribution in [0.15, 0.2) is 31.0 Å². The van der Waals surface area contributed by atoms with Crippen molar-refractivity contribution in [3.05, 3.63) is 36.0 Å². The van der Waals surface area contributed by atoms with E-state index in [4.69, 9.17) is 16.3 Å². The van der Waals surface area contributed by atoms with E-state index in [0.717, 1.165) is 42.8 Å². The van der Waals surface area contributed by atoms with Crippen LogP contribution >= 0.6 is 11.6 Å². The van der Waals surface area contributed by atoms with Crippen LogP contribution in [-0.2, 0) is 7.05 Å². The third kappa shape index (κ3) is 3.24. The smallest absolute Gasteiger partial charge is 0.163 e.